The highest BCUT2D eigenvalue weighted by Crippen LogP contribution is 2.22. The van der Waals surface area contributed by atoms with E-state index in [-0.39, 0.29) is 17.7 Å². The van der Waals surface area contributed by atoms with Crippen molar-refractivity contribution < 1.29 is 14.4 Å². The third kappa shape index (κ3) is 4.83. The third-order valence-electron chi connectivity index (χ3n) is 5.20. The maximum Gasteiger partial charge on any atom is 0.255 e. The molecule has 6 heteroatoms. The van der Waals surface area contributed by atoms with E-state index in [9.17, 15) is 14.4 Å². The molecule has 1 fully saturated rings. The summed E-state index contributed by atoms with van der Waals surface area (Å²) >= 11 is 0. The number of hydrogen-bond donors (Lipinski definition) is 1. The number of carbonyl (C=O) groups excluding carboxylic acids is 3. The lowest BCUT2D eigenvalue weighted by molar-refractivity contribution is -0.119. The van der Waals surface area contributed by atoms with E-state index >= 15 is 0 Å². The highest BCUT2D eigenvalue weighted by molar-refractivity contribution is 6.05. The van der Waals surface area contributed by atoms with Crippen molar-refractivity contribution in [2.45, 2.75) is 33.1 Å². The molecule has 0 unspecified atom stereocenters. The zero-order valence-electron chi connectivity index (χ0n) is 17.0. The molecule has 3 rings (SSSR count). The molecule has 0 radical (unpaired) electrons. The van der Waals surface area contributed by atoms with Gasteiger partial charge in [0.1, 0.15) is 0 Å². The average molecular weight is 393 g/mol. The molecule has 1 saturated heterocycles. The summed E-state index contributed by atoms with van der Waals surface area (Å²) in [5.41, 5.74) is 2.57. The fourth-order valence-corrected chi connectivity index (χ4v) is 3.46. The monoisotopic (exact) mass is 393 g/mol. The fourth-order valence-electron chi connectivity index (χ4n) is 3.46. The number of anilines is 2. The third-order valence-corrected chi connectivity index (χ3v) is 5.20. The van der Waals surface area contributed by atoms with Crippen molar-refractivity contribution in [2.75, 3.05) is 29.9 Å². The second kappa shape index (κ2) is 9.37. The molecule has 3 amide bonds. The summed E-state index contributed by atoms with van der Waals surface area (Å²) in [4.78, 5) is 40.4. The standard InChI is InChI=1S/C23H27N3O3/c1-3-25(4-2)23(29)18-8-12-19(13-9-18)24-22(28)17-10-14-20(15-11-17)26-16-6-5-7-21(26)27/h8-15H,3-7,16H2,1-2H3,(H,24,28). The van der Waals surface area contributed by atoms with Crippen LogP contribution in [0, 0.1) is 0 Å². The molecule has 0 atom stereocenters. The molecule has 2 aromatic carbocycles. The number of benzene rings is 2. The van der Waals surface area contributed by atoms with Gasteiger partial charge in [-0.05, 0) is 75.2 Å². The van der Waals surface area contributed by atoms with Crippen molar-refractivity contribution in [2.24, 2.45) is 0 Å². The summed E-state index contributed by atoms with van der Waals surface area (Å²) in [6, 6.07) is 14.0. The van der Waals surface area contributed by atoms with E-state index in [0.717, 1.165) is 25.1 Å². The van der Waals surface area contributed by atoms with E-state index < -0.39 is 0 Å². The highest BCUT2D eigenvalue weighted by atomic mass is 16.2. The van der Waals surface area contributed by atoms with Gasteiger partial charge in [0.15, 0.2) is 0 Å². The van der Waals surface area contributed by atoms with Gasteiger partial charge in [0.25, 0.3) is 11.8 Å². The first-order chi connectivity index (χ1) is 14.0. The first kappa shape index (κ1) is 20.6. The van der Waals surface area contributed by atoms with E-state index in [1.165, 1.54) is 0 Å². The summed E-state index contributed by atoms with van der Waals surface area (Å²) in [5, 5.41) is 2.84. The Bertz CT molecular complexity index is 871. The summed E-state index contributed by atoms with van der Waals surface area (Å²) in [5.74, 6) is -0.118. The SMILES string of the molecule is CCN(CC)C(=O)c1ccc(NC(=O)c2ccc(N3CCCCC3=O)cc2)cc1. The smallest absolute Gasteiger partial charge is 0.255 e. The van der Waals surface area contributed by atoms with Gasteiger partial charge < -0.3 is 15.1 Å². The van der Waals surface area contributed by atoms with Gasteiger partial charge in [-0.15, -0.1) is 0 Å². The average Bonchev–Trinajstić information content (AvgIpc) is 2.75. The van der Waals surface area contributed by atoms with Crippen LogP contribution < -0.4 is 10.2 Å². The zero-order valence-corrected chi connectivity index (χ0v) is 17.0. The van der Waals surface area contributed by atoms with Gasteiger partial charge in [-0.3, -0.25) is 14.4 Å². The topological polar surface area (TPSA) is 69.7 Å². The molecule has 6 nitrogen and oxygen atoms in total. The molecule has 1 aliphatic rings. The minimum Gasteiger partial charge on any atom is -0.339 e. The predicted octanol–water partition coefficient (Wildman–Crippen LogP) is 3.94. The zero-order chi connectivity index (χ0) is 20.8. The Hall–Kier alpha value is -3.15. The Balaban J connectivity index is 1.64. The van der Waals surface area contributed by atoms with Crippen LogP contribution in [0.3, 0.4) is 0 Å². The van der Waals surface area contributed by atoms with E-state index in [1.807, 2.05) is 26.0 Å². The van der Waals surface area contributed by atoms with Gasteiger partial charge in [0.05, 0.1) is 0 Å². The molecule has 0 spiro atoms. The Morgan fingerprint density at radius 1 is 0.931 bits per heavy atom. The lowest BCUT2D eigenvalue weighted by atomic mass is 10.1. The Labute approximate surface area is 171 Å². The maximum absolute atomic E-state index is 12.5. The van der Waals surface area contributed by atoms with Crippen molar-refractivity contribution in [1.29, 1.82) is 0 Å². The summed E-state index contributed by atoms with van der Waals surface area (Å²) in [6.07, 6.45) is 2.52. The molecule has 1 N–H and O–H groups in total. The number of nitrogens with zero attached hydrogens (tertiary/aromatic N) is 2. The van der Waals surface area contributed by atoms with Crippen LogP contribution in [-0.4, -0.2) is 42.3 Å². The van der Waals surface area contributed by atoms with Crippen molar-refractivity contribution in [3.05, 3.63) is 59.7 Å². The molecular formula is C23H27N3O3. The number of piperidine rings is 1. The minimum atomic E-state index is -0.232. The van der Waals surface area contributed by atoms with Gasteiger partial charge in [0.2, 0.25) is 5.91 Å². The van der Waals surface area contributed by atoms with Gasteiger partial charge >= 0.3 is 0 Å². The lowest BCUT2D eigenvalue weighted by Crippen LogP contribution is -2.35. The Morgan fingerprint density at radius 2 is 1.55 bits per heavy atom. The summed E-state index contributed by atoms with van der Waals surface area (Å²) in [6.45, 7) is 5.94. The van der Waals surface area contributed by atoms with Crippen LogP contribution in [0.4, 0.5) is 11.4 Å². The number of rotatable bonds is 6. The molecule has 0 saturated carbocycles. The molecule has 29 heavy (non-hydrogen) atoms. The van der Waals surface area contributed by atoms with Crippen molar-refractivity contribution >= 4 is 29.1 Å². The van der Waals surface area contributed by atoms with E-state index in [2.05, 4.69) is 5.32 Å². The van der Waals surface area contributed by atoms with Crippen LogP contribution in [-0.2, 0) is 4.79 Å². The molecule has 0 aliphatic carbocycles. The van der Waals surface area contributed by atoms with Crippen LogP contribution in [0.2, 0.25) is 0 Å². The van der Waals surface area contributed by atoms with Crippen LogP contribution in [0.15, 0.2) is 48.5 Å². The number of hydrogen-bond acceptors (Lipinski definition) is 3. The minimum absolute atomic E-state index is 0.0178. The largest absolute Gasteiger partial charge is 0.339 e. The van der Waals surface area contributed by atoms with Crippen molar-refractivity contribution in [3.8, 4) is 0 Å². The summed E-state index contributed by atoms with van der Waals surface area (Å²) in [7, 11) is 0. The number of carbonyl (C=O) groups is 3. The molecule has 1 aliphatic heterocycles. The summed E-state index contributed by atoms with van der Waals surface area (Å²) < 4.78 is 0. The Kier molecular flexibility index (Phi) is 6.65. The van der Waals surface area contributed by atoms with Gasteiger partial charge in [-0.2, -0.15) is 0 Å². The number of amides is 3. The van der Waals surface area contributed by atoms with Gasteiger partial charge in [-0.25, -0.2) is 0 Å². The molecule has 1 heterocycles. The van der Waals surface area contributed by atoms with Crippen LogP contribution in [0.5, 0.6) is 0 Å². The second-order valence-electron chi connectivity index (χ2n) is 7.06. The van der Waals surface area contributed by atoms with Gasteiger partial charge in [-0.1, -0.05) is 0 Å². The van der Waals surface area contributed by atoms with Crippen molar-refractivity contribution in [3.63, 3.8) is 0 Å². The van der Waals surface area contributed by atoms with E-state index in [0.29, 0.717) is 36.3 Å². The normalized spacial score (nSPS) is 13.9. The first-order valence-corrected chi connectivity index (χ1v) is 10.1. The molecule has 2 aromatic rings. The van der Waals surface area contributed by atoms with Gasteiger partial charge in [0, 0.05) is 48.6 Å². The predicted molar refractivity (Wildman–Crippen MR) is 114 cm³/mol. The fraction of sp³-hybridized carbons (Fsp3) is 0.348. The second-order valence-corrected chi connectivity index (χ2v) is 7.06. The quantitative estimate of drug-likeness (QED) is 0.808. The maximum atomic E-state index is 12.5. The molecule has 152 valence electrons. The molecular weight excluding hydrogens is 366 g/mol. The van der Waals surface area contributed by atoms with E-state index in [1.54, 1.807) is 46.2 Å². The molecule has 0 aromatic heterocycles. The van der Waals surface area contributed by atoms with Crippen LogP contribution >= 0.6 is 0 Å². The number of nitrogens with one attached hydrogen (secondary N) is 1. The first-order valence-electron chi connectivity index (χ1n) is 10.1. The van der Waals surface area contributed by atoms with Crippen LogP contribution in [0.25, 0.3) is 0 Å². The van der Waals surface area contributed by atoms with Crippen LogP contribution in [0.1, 0.15) is 53.8 Å². The lowest BCUT2D eigenvalue weighted by Gasteiger charge is -2.26. The van der Waals surface area contributed by atoms with Crippen molar-refractivity contribution in [1.82, 2.24) is 4.90 Å². The van der Waals surface area contributed by atoms with E-state index in [4.69, 9.17) is 0 Å². The molecule has 0 bridgehead atoms. The Morgan fingerprint density at radius 3 is 2.14 bits per heavy atom. The highest BCUT2D eigenvalue weighted by Gasteiger charge is 2.19.